The minimum atomic E-state index is -2.80. The van der Waals surface area contributed by atoms with E-state index in [0.29, 0.717) is 12.0 Å². The summed E-state index contributed by atoms with van der Waals surface area (Å²) in [4.78, 5) is 2.29. The number of nitrogens with zero attached hydrogens (tertiary/aromatic N) is 1. The summed E-state index contributed by atoms with van der Waals surface area (Å²) < 4.78 is 21.9. The smallest absolute Gasteiger partial charge is 0.147 e. The zero-order chi connectivity index (χ0) is 12.2. The first-order valence-corrected chi connectivity index (χ1v) is 7.98. The fourth-order valence-corrected chi connectivity index (χ4v) is 2.82. The molecule has 0 bridgehead atoms. The molecule has 0 heterocycles. The van der Waals surface area contributed by atoms with Gasteiger partial charge in [0.25, 0.3) is 0 Å². The van der Waals surface area contributed by atoms with Gasteiger partial charge in [0.1, 0.15) is 9.84 Å². The molecule has 0 atom stereocenters. The number of rotatable bonds is 7. The molecule has 4 nitrogen and oxygen atoms in total. The van der Waals surface area contributed by atoms with Crippen LogP contribution in [-0.2, 0) is 9.84 Å². The zero-order valence-electron chi connectivity index (χ0n) is 10.6. The highest BCUT2D eigenvalue weighted by Crippen LogP contribution is 2.35. The Labute approximate surface area is 99.3 Å². The van der Waals surface area contributed by atoms with Gasteiger partial charge in [0.2, 0.25) is 0 Å². The summed E-state index contributed by atoms with van der Waals surface area (Å²) in [7, 11) is 1.45. The second-order valence-electron chi connectivity index (χ2n) is 5.13. The quantitative estimate of drug-likeness (QED) is 0.666. The molecule has 0 aromatic heterocycles. The van der Waals surface area contributed by atoms with Gasteiger partial charge in [0.15, 0.2) is 0 Å². The van der Waals surface area contributed by atoms with Crippen molar-refractivity contribution in [1.29, 1.82) is 0 Å². The van der Waals surface area contributed by atoms with Crippen LogP contribution in [0.4, 0.5) is 0 Å². The molecule has 0 spiro atoms. The number of sulfone groups is 1. The molecule has 1 rings (SSSR count). The van der Waals surface area contributed by atoms with Crippen LogP contribution in [0.3, 0.4) is 0 Å². The van der Waals surface area contributed by atoms with E-state index in [1.807, 2.05) is 0 Å². The number of nitrogens with one attached hydrogen (secondary N) is 1. The highest BCUT2D eigenvalue weighted by atomic mass is 32.2. The zero-order valence-corrected chi connectivity index (χ0v) is 11.4. The summed E-state index contributed by atoms with van der Waals surface area (Å²) in [6, 6.07) is 0. The second kappa shape index (κ2) is 5.47. The Bertz CT molecular complexity index is 308. The Morgan fingerprint density at radius 3 is 2.31 bits per heavy atom. The topological polar surface area (TPSA) is 49.4 Å². The van der Waals surface area contributed by atoms with Gasteiger partial charge in [-0.3, -0.25) is 0 Å². The minimum absolute atomic E-state index is 0.287. The molecule has 0 amide bonds. The third-order valence-corrected chi connectivity index (χ3v) is 4.59. The van der Waals surface area contributed by atoms with Crippen LogP contribution < -0.4 is 5.32 Å². The third kappa shape index (κ3) is 4.03. The molecule has 1 aliphatic rings. The van der Waals surface area contributed by atoms with E-state index in [0.717, 1.165) is 13.1 Å². The molecule has 16 heavy (non-hydrogen) atoms. The molecule has 1 fully saturated rings. The lowest BCUT2D eigenvalue weighted by Crippen LogP contribution is -2.56. The van der Waals surface area contributed by atoms with Crippen LogP contribution >= 0.6 is 0 Å². The number of likely N-dealkylation sites (N-methyl/N-ethyl adjacent to an activating group) is 1. The lowest BCUT2D eigenvalue weighted by atomic mass is 9.75. The van der Waals surface area contributed by atoms with Gasteiger partial charge in [-0.2, -0.15) is 0 Å². The molecular formula is C11H24N2O2S. The molecular weight excluding hydrogens is 224 g/mol. The van der Waals surface area contributed by atoms with Gasteiger partial charge >= 0.3 is 0 Å². The van der Waals surface area contributed by atoms with E-state index in [9.17, 15) is 8.42 Å². The highest BCUT2D eigenvalue weighted by Gasteiger charge is 2.38. The van der Waals surface area contributed by atoms with Gasteiger partial charge in [-0.1, -0.05) is 0 Å². The van der Waals surface area contributed by atoms with E-state index < -0.39 is 9.84 Å². The number of hydrogen-bond acceptors (Lipinski definition) is 4. The maximum absolute atomic E-state index is 10.9. The van der Waals surface area contributed by atoms with E-state index in [-0.39, 0.29) is 5.75 Å². The van der Waals surface area contributed by atoms with Crippen molar-refractivity contribution < 1.29 is 8.42 Å². The van der Waals surface area contributed by atoms with E-state index in [2.05, 4.69) is 24.3 Å². The molecule has 1 N–H and O–H groups in total. The Morgan fingerprint density at radius 1 is 1.31 bits per heavy atom. The third-order valence-electron chi connectivity index (χ3n) is 3.56. The van der Waals surface area contributed by atoms with Crippen molar-refractivity contribution in [2.45, 2.75) is 31.2 Å². The van der Waals surface area contributed by atoms with Crippen molar-refractivity contribution in [2.24, 2.45) is 0 Å². The van der Waals surface area contributed by atoms with Crippen molar-refractivity contribution in [2.75, 3.05) is 39.2 Å². The average Bonchev–Trinajstić information content (AvgIpc) is 2.05. The van der Waals surface area contributed by atoms with E-state index in [1.165, 1.54) is 25.5 Å². The molecule has 0 saturated heterocycles. The van der Waals surface area contributed by atoms with Gasteiger partial charge in [-0.25, -0.2) is 8.42 Å². The van der Waals surface area contributed by atoms with Gasteiger partial charge < -0.3 is 10.2 Å². The lowest BCUT2D eigenvalue weighted by molar-refractivity contribution is 0.0604. The van der Waals surface area contributed by atoms with Gasteiger partial charge in [0, 0.05) is 18.3 Å². The van der Waals surface area contributed by atoms with Crippen molar-refractivity contribution >= 4 is 9.84 Å². The molecule has 1 aliphatic carbocycles. The first-order chi connectivity index (χ1) is 7.36. The monoisotopic (exact) mass is 248 g/mol. The summed E-state index contributed by atoms with van der Waals surface area (Å²) in [5, 5.41) is 3.38. The number of hydrogen-bond donors (Lipinski definition) is 1. The van der Waals surface area contributed by atoms with Crippen LogP contribution in [0, 0.1) is 0 Å². The average molecular weight is 248 g/mol. The Hall–Kier alpha value is -0.130. The fraction of sp³-hybridized carbons (Fsp3) is 1.00. The maximum Gasteiger partial charge on any atom is 0.147 e. The van der Waals surface area contributed by atoms with E-state index in [1.54, 1.807) is 0 Å². The van der Waals surface area contributed by atoms with Crippen molar-refractivity contribution in [3.05, 3.63) is 0 Å². The van der Waals surface area contributed by atoms with Crippen LogP contribution in [0.25, 0.3) is 0 Å². The fourth-order valence-electron chi connectivity index (χ4n) is 2.15. The van der Waals surface area contributed by atoms with Crippen LogP contribution in [0.15, 0.2) is 0 Å². The summed E-state index contributed by atoms with van der Waals surface area (Å²) in [5.74, 6) is 0.287. The second-order valence-corrected chi connectivity index (χ2v) is 7.39. The Balaban J connectivity index is 2.15. The first-order valence-electron chi connectivity index (χ1n) is 5.92. The van der Waals surface area contributed by atoms with Crippen molar-refractivity contribution in [3.63, 3.8) is 0 Å². The normalized spacial score (nSPS) is 19.8. The molecule has 0 aromatic rings. The van der Waals surface area contributed by atoms with Crippen molar-refractivity contribution in [3.8, 4) is 0 Å². The van der Waals surface area contributed by atoms with Crippen LogP contribution in [0.1, 0.15) is 25.7 Å². The summed E-state index contributed by atoms with van der Waals surface area (Å²) >= 11 is 0. The predicted molar refractivity (Wildman–Crippen MR) is 67.5 cm³/mol. The molecule has 0 unspecified atom stereocenters. The van der Waals surface area contributed by atoms with Crippen molar-refractivity contribution in [1.82, 2.24) is 10.2 Å². The van der Waals surface area contributed by atoms with Gasteiger partial charge in [0.05, 0.1) is 5.75 Å². The Morgan fingerprint density at radius 2 is 1.94 bits per heavy atom. The van der Waals surface area contributed by atoms with E-state index >= 15 is 0 Å². The van der Waals surface area contributed by atoms with E-state index in [4.69, 9.17) is 0 Å². The van der Waals surface area contributed by atoms with Crippen LogP contribution in [0.2, 0.25) is 0 Å². The molecule has 0 aromatic carbocycles. The van der Waals surface area contributed by atoms with Gasteiger partial charge in [-0.05, 0) is 46.3 Å². The first kappa shape index (κ1) is 13.9. The summed E-state index contributed by atoms with van der Waals surface area (Å²) in [6.07, 6.45) is 5.81. The molecule has 5 heteroatoms. The summed E-state index contributed by atoms with van der Waals surface area (Å²) in [6.45, 7) is 1.77. The standard InChI is InChI=1S/C11H24N2O2S/c1-13(2)11(6-4-7-11)10-12-8-5-9-16(3,14)15/h12H,4-10H2,1-3H3. The molecule has 96 valence electrons. The maximum atomic E-state index is 10.9. The summed E-state index contributed by atoms with van der Waals surface area (Å²) in [5.41, 5.74) is 0.324. The lowest BCUT2D eigenvalue weighted by Gasteiger charge is -2.47. The van der Waals surface area contributed by atoms with Crippen LogP contribution in [0.5, 0.6) is 0 Å². The highest BCUT2D eigenvalue weighted by molar-refractivity contribution is 7.90. The SMILES string of the molecule is CN(C)C1(CNCCCS(C)(=O)=O)CCC1. The molecule has 1 saturated carbocycles. The predicted octanol–water partition coefficient (Wildman–Crippen LogP) is 0.495. The van der Waals surface area contributed by atoms with Crippen LogP contribution in [-0.4, -0.2) is 58.1 Å². The molecule has 0 radical (unpaired) electrons. The Kier molecular flexibility index (Phi) is 4.76. The minimum Gasteiger partial charge on any atom is -0.315 e. The largest absolute Gasteiger partial charge is 0.315 e. The molecule has 0 aliphatic heterocycles. The van der Waals surface area contributed by atoms with Gasteiger partial charge in [-0.15, -0.1) is 0 Å².